The maximum atomic E-state index is 11.3. The van der Waals surface area contributed by atoms with Crippen LogP contribution >= 0.6 is 0 Å². The van der Waals surface area contributed by atoms with Crippen molar-refractivity contribution < 1.29 is 14.7 Å². The molecule has 1 aromatic rings. The molecule has 0 atom stereocenters. The Balaban J connectivity index is 2.66. The van der Waals surface area contributed by atoms with Gasteiger partial charge in [-0.05, 0) is 12.5 Å². The molecule has 0 aliphatic carbocycles. The number of nitrogens with zero attached hydrogens (tertiary/aromatic N) is 1. The van der Waals surface area contributed by atoms with Crippen LogP contribution in [0, 0.1) is 0 Å². The molecule has 0 fully saturated rings. The Kier molecular flexibility index (Phi) is 3.25. The first-order valence-corrected chi connectivity index (χ1v) is 4.23. The molecule has 0 aliphatic heterocycles. The summed E-state index contributed by atoms with van der Waals surface area (Å²) in [6, 6.07) is 3.26. The van der Waals surface area contributed by atoms with Crippen molar-refractivity contribution in [3.63, 3.8) is 0 Å². The van der Waals surface area contributed by atoms with Gasteiger partial charge in [0.05, 0.1) is 0 Å². The van der Waals surface area contributed by atoms with Crippen LogP contribution in [0.15, 0.2) is 24.5 Å². The lowest BCUT2D eigenvalue weighted by Gasteiger charge is -2.00. The average molecular weight is 181 g/mol. The van der Waals surface area contributed by atoms with Gasteiger partial charge in [-0.3, -0.25) is 10.0 Å². The van der Waals surface area contributed by atoms with E-state index in [2.05, 4.69) is 5.32 Å². The smallest absolute Gasteiger partial charge is 0.257 e. The monoisotopic (exact) mass is 181 g/mol. The van der Waals surface area contributed by atoms with Gasteiger partial charge in [0.1, 0.15) is 5.56 Å². The number of carbonyl (C=O) groups excluding carboxylic acids is 1. The summed E-state index contributed by atoms with van der Waals surface area (Å²) in [4.78, 5) is 11.3. The maximum Gasteiger partial charge on any atom is 0.257 e. The van der Waals surface area contributed by atoms with Gasteiger partial charge in [0.15, 0.2) is 0 Å². The van der Waals surface area contributed by atoms with E-state index in [1.165, 1.54) is 12.4 Å². The van der Waals surface area contributed by atoms with E-state index in [4.69, 9.17) is 5.21 Å². The molecule has 0 spiro atoms. The number of carbonyl (C=O) groups is 1. The minimum atomic E-state index is -0.162. The molecule has 13 heavy (non-hydrogen) atoms. The van der Waals surface area contributed by atoms with Crippen molar-refractivity contribution in [1.82, 2.24) is 5.32 Å². The van der Waals surface area contributed by atoms with Crippen molar-refractivity contribution in [3.05, 3.63) is 30.1 Å². The van der Waals surface area contributed by atoms with Crippen LogP contribution in [0.1, 0.15) is 23.7 Å². The highest BCUT2D eigenvalue weighted by Crippen LogP contribution is 1.93. The molecule has 1 aromatic heterocycles. The summed E-state index contributed by atoms with van der Waals surface area (Å²) >= 11 is 0. The normalized spacial score (nSPS) is 9.62. The quantitative estimate of drug-likeness (QED) is 0.522. The summed E-state index contributed by atoms with van der Waals surface area (Å²) in [7, 11) is 0. The second-order valence-corrected chi connectivity index (χ2v) is 2.73. The zero-order valence-electron chi connectivity index (χ0n) is 7.53. The highest BCUT2D eigenvalue weighted by molar-refractivity contribution is 5.93. The Labute approximate surface area is 76.8 Å². The molecule has 1 rings (SSSR count). The predicted molar refractivity (Wildman–Crippen MR) is 46.4 cm³/mol. The van der Waals surface area contributed by atoms with Crippen molar-refractivity contribution in [2.45, 2.75) is 13.3 Å². The number of amides is 1. The van der Waals surface area contributed by atoms with Gasteiger partial charge in [-0.25, -0.2) is 0 Å². The highest BCUT2D eigenvalue weighted by Gasteiger charge is 2.08. The Morgan fingerprint density at radius 3 is 3.08 bits per heavy atom. The van der Waals surface area contributed by atoms with Gasteiger partial charge in [0.2, 0.25) is 12.4 Å². The maximum absolute atomic E-state index is 11.3. The van der Waals surface area contributed by atoms with Crippen LogP contribution < -0.4 is 10.0 Å². The minimum absolute atomic E-state index is 0.162. The first kappa shape index (κ1) is 9.51. The van der Waals surface area contributed by atoms with Crippen LogP contribution in [0.25, 0.3) is 0 Å². The number of hydrogen-bond acceptors (Lipinski definition) is 2. The SMILES string of the molecule is CCCNC(=O)c1ccc[n+](O)c1. The lowest BCUT2D eigenvalue weighted by atomic mass is 10.2. The van der Waals surface area contributed by atoms with E-state index >= 15 is 0 Å². The third kappa shape index (κ3) is 2.74. The van der Waals surface area contributed by atoms with E-state index in [1.54, 1.807) is 12.1 Å². The van der Waals surface area contributed by atoms with E-state index in [-0.39, 0.29) is 5.91 Å². The molecule has 2 N–H and O–H groups in total. The third-order valence-electron chi connectivity index (χ3n) is 1.58. The lowest BCUT2D eigenvalue weighted by Crippen LogP contribution is -2.32. The fourth-order valence-corrected chi connectivity index (χ4v) is 0.938. The van der Waals surface area contributed by atoms with Gasteiger partial charge < -0.3 is 5.32 Å². The first-order chi connectivity index (χ1) is 6.24. The summed E-state index contributed by atoms with van der Waals surface area (Å²) in [6.45, 7) is 2.64. The van der Waals surface area contributed by atoms with Crippen molar-refractivity contribution in [3.8, 4) is 0 Å². The van der Waals surface area contributed by atoms with E-state index in [0.29, 0.717) is 12.1 Å². The van der Waals surface area contributed by atoms with Gasteiger partial charge in [0.25, 0.3) is 5.91 Å². The van der Waals surface area contributed by atoms with Crippen LogP contribution in [-0.2, 0) is 0 Å². The number of hydrogen-bond donors (Lipinski definition) is 2. The fraction of sp³-hybridized carbons (Fsp3) is 0.333. The van der Waals surface area contributed by atoms with Crippen LogP contribution in [-0.4, -0.2) is 17.7 Å². The molecular weight excluding hydrogens is 168 g/mol. The molecule has 0 saturated carbocycles. The van der Waals surface area contributed by atoms with E-state index in [9.17, 15) is 4.79 Å². The topological polar surface area (TPSA) is 53.2 Å². The summed E-state index contributed by atoms with van der Waals surface area (Å²) in [5, 5.41) is 11.7. The standard InChI is InChI=1S/C9H12N2O2/c1-2-5-10-9(12)8-4-3-6-11(13)7-8/h3-4,6-7H,2,5H2,1H3,(H-,10,12,13)/p+1. The van der Waals surface area contributed by atoms with Gasteiger partial charge >= 0.3 is 0 Å². The molecule has 4 heteroatoms. The molecule has 0 saturated heterocycles. The van der Waals surface area contributed by atoms with Crippen LogP contribution in [0.5, 0.6) is 0 Å². The Hall–Kier alpha value is -1.58. The molecule has 1 amide bonds. The first-order valence-electron chi connectivity index (χ1n) is 4.23. The van der Waals surface area contributed by atoms with Crippen molar-refractivity contribution >= 4 is 5.91 Å². The number of aromatic nitrogens is 1. The summed E-state index contributed by atoms with van der Waals surface area (Å²) in [5.41, 5.74) is 0.457. The summed E-state index contributed by atoms with van der Waals surface area (Å²) in [5.74, 6) is -0.162. The van der Waals surface area contributed by atoms with Crippen LogP contribution in [0.4, 0.5) is 0 Å². The second kappa shape index (κ2) is 4.45. The molecule has 4 nitrogen and oxygen atoms in total. The number of nitrogens with one attached hydrogen (secondary N) is 1. The summed E-state index contributed by atoms with van der Waals surface area (Å²) in [6.07, 6.45) is 3.72. The molecule has 0 aromatic carbocycles. The van der Waals surface area contributed by atoms with Gasteiger partial charge in [-0.2, -0.15) is 0 Å². The predicted octanol–water partition coefficient (Wildman–Crippen LogP) is 0.351. The second-order valence-electron chi connectivity index (χ2n) is 2.73. The molecular formula is C9H13N2O2+. The van der Waals surface area contributed by atoms with Crippen LogP contribution in [0.3, 0.4) is 0 Å². The van der Waals surface area contributed by atoms with E-state index in [1.807, 2.05) is 6.92 Å². The minimum Gasteiger partial charge on any atom is -0.352 e. The Morgan fingerprint density at radius 2 is 2.46 bits per heavy atom. The molecule has 0 aliphatic rings. The van der Waals surface area contributed by atoms with E-state index in [0.717, 1.165) is 11.2 Å². The van der Waals surface area contributed by atoms with Crippen molar-refractivity contribution in [2.75, 3.05) is 6.54 Å². The fourth-order valence-electron chi connectivity index (χ4n) is 0.938. The Bertz CT molecular complexity index is 299. The number of pyridine rings is 1. The average Bonchev–Trinajstić information content (AvgIpc) is 2.14. The molecule has 1 heterocycles. The molecule has 0 bridgehead atoms. The van der Waals surface area contributed by atoms with E-state index < -0.39 is 0 Å². The number of rotatable bonds is 3. The van der Waals surface area contributed by atoms with Crippen LogP contribution in [0.2, 0.25) is 0 Å². The highest BCUT2D eigenvalue weighted by atomic mass is 16.5. The third-order valence-corrected chi connectivity index (χ3v) is 1.58. The molecule has 70 valence electrons. The molecule has 0 radical (unpaired) electrons. The zero-order valence-corrected chi connectivity index (χ0v) is 7.53. The zero-order chi connectivity index (χ0) is 9.68. The van der Waals surface area contributed by atoms with Gasteiger partial charge in [0, 0.05) is 17.3 Å². The molecule has 0 unspecified atom stereocenters. The van der Waals surface area contributed by atoms with Crippen molar-refractivity contribution in [1.29, 1.82) is 0 Å². The Morgan fingerprint density at radius 1 is 1.69 bits per heavy atom. The largest absolute Gasteiger partial charge is 0.352 e. The van der Waals surface area contributed by atoms with Gasteiger partial charge in [-0.1, -0.05) is 6.92 Å². The van der Waals surface area contributed by atoms with Gasteiger partial charge in [-0.15, -0.1) is 0 Å². The van der Waals surface area contributed by atoms with Crippen molar-refractivity contribution in [2.24, 2.45) is 0 Å². The summed E-state index contributed by atoms with van der Waals surface area (Å²) < 4.78 is 0.862. The lowest BCUT2D eigenvalue weighted by molar-refractivity contribution is -0.904.